The Kier molecular flexibility index (Phi) is 3.26. The number of halogens is 1. The first-order valence-electron chi connectivity index (χ1n) is 3.94. The summed E-state index contributed by atoms with van der Waals surface area (Å²) in [6.07, 6.45) is 1.02. The van der Waals surface area contributed by atoms with E-state index in [1.54, 1.807) is 6.92 Å². The summed E-state index contributed by atoms with van der Waals surface area (Å²) < 4.78 is 1.06. The minimum absolute atomic E-state index is 0.141. The summed E-state index contributed by atoms with van der Waals surface area (Å²) in [5.74, 6) is 0.141. The van der Waals surface area contributed by atoms with Crippen LogP contribution in [0, 0.1) is 3.57 Å². The molecule has 0 fully saturated rings. The average molecular weight is 274 g/mol. The lowest BCUT2D eigenvalue weighted by molar-refractivity contribution is 0.101. The second kappa shape index (κ2) is 4.03. The molecule has 0 aliphatic rings. The summed E-state index contributed by atoms with van der Waals surface area (Å²) in [6.45, 7) is 3.71. The molecule has 0 N–H and O–H groups in total. The molecule has 0 aliphatic carbocycles. The van der Waals surface area contributed by atoms with Gasteiger partial charge in [0.15, 0.2) is 5.78 Å². The highest BCUT2D eigenvalue weighted by Gasteiger charge is 2.04. The maximum atomic E-state index is 11.1. The summed E-state index contributed by atoms with van der Waals surface area (Å²) in [4.78, 5) is 11.1. The Hall–Kier alpha value is -0.380. The largest absolute Gasteiger partial charge is 0.294 e. The molecule has 1 rings (SSSR count). The first-order valence-corrected chi connectivity index (χ1v) is 5.02. The number of carbonyl (C=O) groups excluding carboxylic acids is 1. The number of Topliss-reactive ketones (excluding diaryl/α,β-unsaturated/α-hetero) is 1. The number of rotatable bonds is 2. The average Bonchev–Trinajstić information content (AvgIpc) is 2.03. The van der Waals surface area contributed by atoms with E-state index in [0.29, 0.717) is 0 Å². The van der Waals surface area contributed by atoms with Crippen LogP contribution >= 0.6 is 22.6 Å². The Morgan fingerprint density at radius 2 is 2.17 bits per heavy atom. The van der Waals surface area contributed by atoms with Gasteiger partial charge in [-0.25, -0.2) is 0 Å². The summed E-state index contributed by atoms with van der Waals surface area (Å²) >= 11 is 2.20. The van der Waals surface area contributed by atoms with Crippen molar-refractivity contribution < 1.29 is 4.79 Å². The molecule has 0 bridgehead atoms. The summed E-state index contributed by atoms with van der Waals surface area (Å²) in [5, 5.41) is 0. The lowest BCUT2D eigenvalue weighted by Gasteiger charge is -2.02. The monoisotopic (exact) mass is 274 g/mol. The molecule has 1 nitrogen and oxygen atoms in total. The van der Waals surface area contributed by atoms with Crippen LogP contribution in [0.25, 0.3) is 0 Å². The van der Waals surface area contributed by atoms with Gasteiger partial charge in [-0.2, -0.15) is 0 Å². The van der Waals surface area contributed by atoms with E-state index in [0.717, 1.165) is 15.6 Å². The van der Waals surface area contributed by atoms with E-state index < -0.39 is 0 Å². The second-order valence-corrected chi connectivity index (χ2v) is 3.89. The van der Waals surface area contributed by atoms with Gasteiger partial charge in [0.2, 0.25) is 0 Å². The highest BCUT2D eigenvalue weighted by atomic mass is 127. The molecule has 64 valence electrons. The maximum absolute atomic E-state index is 11.1. The van der Waals surface area contributed by atoms with Crippen molar-refractivity contribution in [2.45, 2.75) is 20.3 Å². The van der Waals surface area contributed by atoms with E-state index in [1.807, 2.05) is 12.1 Å². The van der Waals surface area contributed by atoms with E-state index in [-0.39, 0.29) is 5.78 Å². The van der Waals surface area contributed by atoms with Crippen LogP contribution in [-0.4, -0.2) is 5.78 Å². The lowest BCUT2D eigenvalue weighted by atomic mass is 10.1. The van der Waals surface area contributed by atoms with E-state index in [9.17, 15) is 4.79 Å². The predicted octanol–water partition coefficient (Wildman–Crippen LogP) is 3.06. The van der Waals surface area contributed by atoms with Crippen molar-refractivity contribution in [1.82, 2.24) is 0 Å². The highest BCUT2D eigenvalue weighted by Crippen LogP contribution is 2.15. The zero-order valence-corrected chi connectivity index (χ0v) is 9.38. The van der Waals surface area contributed by atoms with Crippen molar-refractivity contribution in [3.63, 3.8) is 0 Å². The Bertz CT molecular complexity index is 305. The first kappa shape index (κ1) is 9.71. The molecule has 0 spiro atoms. The van der Waals surface area contributed by atoms with Crippen LogP contribution in [0.3, 0.4) is 0 Å². The summed E-state index contributed by atoms with van der Waals surface area (Å²) in [7, 11) is 0. The van der Waals surface area contributed by atoms with Gasteiger partial charge in [0, 0.05) is 9.13 Å². The maximum Gasteiger partial charge on any atom is 0.160 e. The number of carbonyl (C=O) groups is 1. The minimum atomic E-state index is 0.141. The van der Waals surface area contributed by atoms with Crippen LogP contribution in [0.5, 0.6) is 0 Å². The molecule has 0 atom stereocenters. The molecule has 12 heavy (non-hydrogen) atoms. The Morgan fingerprint density at radius 3 is 2.58 bits per heavy atom. The zero-order chi connectivity index (χ0) is 9.14. The molecule has 0 radical (unpaired) electrons. The number of benzene rings is 1. The van der Waals surface area contributed by atoms with Crippen molar-refractivity contribution in [3.05, 3.63) is 32.9 Å². The molecule has 0 amide bonds. The van der Waals surface area contributed by atoms with Crippen LogP contribution in [0.15, 0.2) is 18.2 Å². The molecule has 0 aliphatic heterocycles. The fraction of sp³-hybridized carbons (Fsp3) is 0.300. The molecule has 0 heterocycles. The second-order valence-electron chi connectivity index (χ2n) is 2.72. The molecule has 0 saturated heterocycles. The normalized spacial score (nSPS) is 9.92. The first-order chi connectivity index (χ1) is 5.65. The third-order valence-electron chi connectivity index (χ3n) is 1.82. The summed E-state index contributed by atoms with van der Waals surface area (Å²) in [6, 6.07) is 5.99. The SMILES string of the molecule is CCc1ccc(C(C)=O)c(I)c1. The Labute approximate surface area is 86.3 Å². The standard InChI is InChI=1S/C10H11IO/c1-3-8-4-5-9(7(2)12)10(11)6-8/h4-6H,3H2,1-2H3. The van der Waals surface area contributed by atoms with Gasteiger partial charge in [0.05, 0.1) is 0 Å². The summed E-state index contributed by atoms with van der Waals surface area (Å²) in [5.41, 5.74) is 2.11. The van der Waals surface area contributed by atoms with E-state index in [2.05, 4.69) is 35.6 Å². The lowest BCUT2D eigenvalue weighted by Crippen LogP contribution is -1.96. The molecular formula is C10H11IO. The van der Waals surface area contributed by atoms with Gasteiger partial charge in [-0.3, -0.25) is 4.79 Å². The van der Waals surface area contributed by atoms with Crippen molar-refractivity contribution in [1.29, 1.82) is 0 Å². The quantitative estimate of drug-likeness (QED) is 0.598. The van der Waals surface area contributed by atoms with Crippen LogP contribution in [0.1, 0.15) is 29.8 Å². The highest BCUT2D eigenvalue weighted by molar-refractivity contribution is 14.1. The van der Waals surface area contributed by atoms with E-state index >= 15 is 0 Å². The van der Waals surface area contributed by atoms with Crippen molar-refractivity contribution in [3.8, 4) is 0 Å². The van der Waals surface area contributed by atoms with Crippen LogP contribution in [0.2, 0.25) is 0 Å². The fourth-order valence-electron chi connectivity index (χ4n) is 1.06. The smallest absolute Gasteiger partial charge is 0.160 e. The number of aryl methyl sites for hydroxylation is 1. The number of ketones is 1. The van der Waals surface area contributed by atoms with Crippen LogP contribution in [-0.2, 0) is 6.42 Å². The third kappa shape index (κ3) is 2.06. The van der Waals surface area contributed by atoms with Crippen molar-refractivity contribution >= 4 is 28.4 Å². The molecule has 0 saturated carbocycles. The molecule has 1 aromatic carbocycles. The van der Waals surface area contributed by atoms with E-state index in [4.69, 9.17) is 0 Å². The van der Waals surface area contributed by atoms with Gasteiger partial charge in [0.1, 0.15) is 0 Å². The molecule has 2 heteroatoms. The predicted molar refractivity (Wildman–Crippen MR) is 58.5 cm³/mol. The molecule has 0 unspecified atom stereocenters. The van der Waals surface area contributed by atoms with Gasteiger partial charge < -0.3 is 0 Å². The Balaban J connectivity index is 3.12. The van der Waals surface area contributed by atoms with Crippen molar-refractivity contribution in [2.24, 2.45) is 0 Å². The number of hydrogen-bond acceptors (Lipinski definition) is 1. The van der Waals surface area contributed by atoms with Gasteiger partial charge in [-0.1, -0.05) is 19.1 Å². The van der Waals surface area contributed by atoms with Gasteiger partial charge in [0.25, 0.3) is 0 Å². The third-order valence-corrected chi connectivity index (χ3v) is 2.71. The molecular weight excluding hydrogens is 263 g/mol. The van der Waals surface area contributed by atoms with E-state index in [1.165, 1.54) is 5.56 Å². The van der Waals surface area contributed by atoms with Crippen LogP contribution in [0.4, 0.5) is 0 Å². The minimum Gasteiger partial charge on any atom is -0.294 e. The Morgan fingerprint density at radius 1 is 1.50 bits per heavy atom. The topological polar surface area (TPSA) is 17.1 Å². The molecule has 0 aromatic heterocycles. The van der Waals surface area contributed by atoms with Gasteiger partial charge in [-0.15, -0.1) is 0 Å². The number of hydrogen-bond donors (Lipinski definition) is 0. The fourth-order valence-corrected chi connectivity index (χ4v) is 2.02. The molecule has 1 aromatic rings. The van der Waals surface area contributed by atoms with Crippen molar-refractivity contribution in [2.75, 3.05) is 0 Å². The van der Waals surface area contributed by atoms with Gasteiger partial charge in [-0.05, 0) is 47.6 Å². The van der Waals surface area contributed by atoms with Gasteiger partial charge >= 0.3 is 0 Å². The van der Waals surface area contributed by atoms with Crippen LogP contribution < -0.4 is 0 Å². The zero-order valence-electron chi connectivity index (χ0n) is 7.23.